The summed E-state index contributed by atoms with van der Waals surface area (Å²) in [5, 5.41) is 12.4. The van der Waals surface area contributed by atoms with E-state index in [4.69, 9.17) is 9.47 Å². The molecule has 1 aromatic carbocycles. The summed E-state index contributed by atoms with van der Waals surface area (Å²) in [4.78, 5) is 38.1. The Morgan fingerprint density at radius 1 is 1.23 bits per heavy atom. The third-order valence-electron chi connectivity index (χ3n) is 5.16. The fourth-order valence-corrected chi connectivity index (χ4v) is 3.75. The Kier molecular flexibility index (Phi) is 8.48. The molecule has 0 aliphatic carbocycles. The zero-order valence-electron chi connectivity index (χ0n) is 19.1. The fraction of sp³-hybridized carbons (Fsp3) is 0.625. The number of nitrogens with one attached hydrogen (secondary N) is 1. The van der Waals surface area contributed by atoms with E-state index < -0.39 is 41.3 Å². The number of hydrogen-bond donors (Lipinski definition) is 2. The lowest BCUT2D eigenvalue weighted by atomic mass is 9.81. The topological polar surface area (TPSA) is 102 Å². The molecule has 2 aliphatic rings. The SMILES string of the molecule is CC(C)C[C@H]1C(=O)NC(C(=O)O)Cc2ccc(cc2)OCCC[C@@H]1C(=O)OC(C)(C)C. The van der Waals surface area contributed by atoms with Gasteiger partial charge in [-0.15, -0.1) is 0 Å². The quantitative estimate of drug-likeness (QED) is 0.704. The number of amides is 1. The minimum absolute atomic E-state index is 0.144. The van der Waals surface area contributed by atoms with Gasteiger partial charge in [0.1, 0.15) is 17.4 Å². The van der Waals surface area contributed by atoms with Gasteiger partial charge in [0.05, 0.1) is 18.4 Å². The number of ether oxygens (including phenoxy) is 2. The Labute approximate surface area is 184 Å². The normalized spacial score (nSPS) is 22.9. The van der Waals surface area contributed by atoms with Crippen molar-refractivity contribution in [3.8, 4) is 5.75 Å². The van der Waals surface area contributed by atoms with Crippen LogP contribution in [0.2, 0.25) is 0 Å². The Bertz CT molecular complexity index is 765. The number of benzene rings is 1. The van der Waals surface area contributed by atoms with Crippen LogP contribution in [0.1, 0.15) is 59.4 Å². The van der Waals surface area contributed by atoms with Crippen LogP contribution in [0, 0.1) is 17.8 Å². The highest BCUT2D eigenvalue weighted by atomic mass is 16.6. The average molecular weight is 434 g/mol. The van der Waals surface area contributed by atoms with Gasteiger partial charge in [-0.25, -0.2) is 4.79 Å². The van der Waals surface area contributed by atoms with Gasteiger partial charge in [-0.3, -0.25) is 9.59 Å². The lowest BCUT2D eigenvalue weighted by Crippen LogP contribution is -2.48. The summed E-state index contributed by atoms with van der Waals surface area (Å²) in [7, 11) is 0. The van der Waals surface area contributed by atoms with Crippen molar-refractivity contribution in [2.45, 2.75) is 71.9 Å². The number of rotatable bonds is 4. The van der Waals surface area contributed by atoms with Gasteiger partial charge in [0, 0.05) is 6.42 Å². The van der Waals surface area contributed by atoms with Crippen molar-refractivity contribution in [1.29, 1.82) is 0 Å². The second-order valence-corrected chi connectivity index (χ2v) is 9.61. The zero-order valence-corrected chi connectivity index (χ0v) is 19.1. The van der Waals surface area contributed by atoms with Crippen molar-refractivity contribution in [3.05, 3.63) is 29.8 Å². The zero-order chi connectivity index (χ0) is 23.2. The first-order chi connectivity index (χ1) is 14.5. The number of carboxylic acids is 1. The van der Waals surface area contributed by atoms with Gasteiger partial charge in [0.15, 0.2) is 0 Å². The van der Waals surface area contributed by atoms with E-state index in [-0.39, 0.29) is 12.3 Å². The van der Waals surface area contributed by atoms with Crippen molar-refractivity contribution in [1.82, 2.24) is 5.32 Å². The fourth-order valence-electron chi connectivity index (χ4n) is 3.75. The highest BCUT2D eigenvalue weighted by Crippen LogP contribution is 2.29. The van der Waals surface area contributed by atoms with Crippen molar-refractivity contribution in [2.24, 2.45) is 17.8 Å². The molecule has 7 heteroatoms. The summed E-state index contributed by atoms with van der Waals surface area (Å²) in [6, 6.07) is 6.09. The lowest BCUT2D eigenvalue weighted by molar-refractivity contribution is -0.164. The predicted molar refractivity (Wildman–Crippen MR) is 117 cm³/mol. The third kappa shape index (κ3) is 7.89. The molecule has 0 fully saturated rings. The lowest BCUT2D eigenvalue weighted by Gasteiger charge is -2.30. The van der Waals surface area contributed by atoms with Crippen LogP contribution < -0.4 is 10.1 Å². The van der Waals surface area contributed by atoms with Crippen LogP contribution in [0.15, 0.2) is 24.3 Å². The van der Waals surface area contributed by atoms with E-state index in [0.29, 0.717) is 31.6 Å². The Balaban J connectivity index is 2.39. The van der Waals surface area contributed by atoms with Crippen LogP contribution in [0.3, 0.4) is 0 Å². The minimum Gasteiger partial charge on any atom is -0.494 e. The van der Waals surface area contributed by atoms with Gasteiger partial charge in [0.2, 0.25) is 5.91 Å². The maximum absolute atomic E-state index is 13.3. The molecule has 1 aromatic rings. The van der Waals surface area contributed by atoms with Gasteiger partial charge in [0.25, 0.3) is 0 Å². The van der Waals surface area contributed by atoms with E-state index >= 15 is 0 Å². The second kappa shape index (κ2) is 10.6. The number of hydrogen-bond acceptors (Lipinski definition) is 5. The second-order valence-electron chi connectivity index (χ2n) is 9.61. The molecular formula is C24H35NO6. The van der Waals surface area contributed by atoms with Crippen molar-refractivity contribution in [3.63, 3.8) is 0 Å². The van der Waals surface area contributed by atoms with Crippen LogP contribution in [0.4, 0.5) is 0 Å². The molecule has 2 aliphatic heterocycles. The molecule has 2 bridgehead atoms. The van der Waals surface area contributed by atoms with E-state index in [1.165, 1.54) is 0 Å². The molecule has 0 aromatic heterocycles. The molecule has 1 amide bonds. The van der Waals surface area contributed by atoms with Gasteiger partial charge < -0.3 is 19.9 Å². The van der Waals surface area contributed by atoms with Crippen molar-refractivity contribution >= 4 is 17.8 Å². The molecule has 1 unspecified atom stereocenters. The minimum atomic E-state index is -1.11. The molecule has 2 heterocycles. The summed E-state index contributed by atoms with van der Waals surface area (Å²) in [5.41, 5.74) is 0.0947. The Morgan fingerprint density at radius 2 is 1.87 bits per heavy atom. The van der Waals surface area contributed by atoms with Crippen LogP contribution >= 0.6 is 0 Å². The van der Waals surface area contributed by atoms with E-state index in [1.54, 1.807) is 45.0 Å². The van der Waals surface area contributed by atoms with Crippen LogP contribution in [0.5, 0.6) is 5.75 Å². The van der Waals surface area contributed by atoms with Gasteiger partial charge in [-0.05, 0) is 63.6 Å². The average Bonchev–Trinajstić information content (AvgIpc) is 2.65. The van der Waals surface area contributed by atoms with Gasteiger partial charge in [-0.2, -0.15) is 0 Å². The highest BCUT2D eigenvalue weighted by molar-refractivity contribution is 5.88. The molecular weight excluding hydrogens is 398 g/mol. The van der Waals surface area contributed by atoms with Gasteiger partial charge >= 0.3 is 11.9 Å². The molecule has 31 heavy (non-hydrogen) atoms. The van der Waals surface area contributed by atoms with Crippen LogP contribution in [-0.4, -0.2) is 41.2 Å². The first kappa shape index (κ1) is 24.7. The molecule has 0 radical (unpaired) electrons. The summed E-state index contributed by atoms with van der Waals surface area (Å²) >= 11 is 0. The molecule has 172 valence electrons. The molecule has 0 saturated heterocycles. The maximum Gasteiger partial charge on any atom is 0.326 e. The first-order valence-electron chi connectivity index (χ1n) is 10.9. The molecule has 3 rings (SSSR count). The molecule has 3 atom stereocenters. The van der Waals surface area contributed by atoms with Crippen molar-refractivity contribution in [2.75, 3.05) is 6.61 Å². The van der Waals surface area contributed by atoms with Crippen LogP contribution in [-0.2, 0) is 25.5 Å². The molecule has 0 spiro atoms. The van der Waals surface area contributed by atoms with Gasteiger partial charge in [-0.1, -0.05) is 26.0 Å². The number of carboxylic acid groups (broad SMARTS) is 1. The van der Waals surface area contributed by atoms with E-state index in [1.807, 2.05) is 13.8 Å². The Morgan fingerprint density at radius 3 is 2.42 bits per heavy atom. The Hall–Kier alpha value is -2.57. The third-order valence-corrected chi connectivity index (χ3v) is 5.16. The van der Waals surface area contributed by atoms with Crippen molar-refractivity contribution < 1.29 is 29.0 Å². The summed E-state index contributed by atoms with van der Waals surface area (Å²) in [5.74, 6) is -2.50. The van der Waals surface area contributed by atoms with E-state index in [0.717, 1.165) is 5.56 Å². The molecule has 0 saturated carbocycles. The summed E-state index contributed by atoms with van der Waals surface area (Å²) in [6.07, 6.45) is 1.58. The maximum atomic E-state index is 13.3. The number of aliphatic carboxylic acids is 1. The smallest absolute Gasteiger partial charge is 0.326 e. The number of carbonyl (C=O) groups excluding carboxylic acids is 2. The van der Waals surface area contributed by atoms with Crippen LogP contribution in [0.25, 0.3) is 0 Å². The summed E-state index contributed by atoms with van der Waals surface area (Å²) < 4.78 is 11.4. The standard InChI is InChI=1S/C24H35NO6/c1-15(2)13-19-18(23(29)31-24(3,4)5)7-6-12-30-17-10-8-16(9-11-17)14-20(22(27)28)25-21(19)26/h8-11,15,18-20H,6-7,12-14H2,1-5H3,(H,25,26)(H,27,28)/t18-,19+,20?/m0/s1. The van der Waals surface area contributed by atoms with E-state index in [2.05, 4.69) is 5.32 Å². The largest absolute Gasteiger partial charge is 0.494 e. The first-order valence-corrected chi connectivity index (χ1v) is 10.9. The number of esters is 1. The van der Waals surface area contributed by atoms with E-state index in [9.17, 15) is 19.5 Å². The highest BCUT2D eigenvalue weighted by Gasteiger charge is 2.38. The number of carbonyl (C=O) groups is 3. The summed E-state index contributed by atoms with van der Waals surface area (Å²) in [6.45, 7) is 9.73. The number of fused-ring (bicyclic) bond motifs is 11. The molecule has 2 N–H and O–H groups in total. The predicted octanol–water partition coefficient (Wildman–Crippen LogP) is 3.59. The molecule has 7 nitrogen and oxygen atoms in total. The monoisotopic (exact) mass is 433 g/mol.